The fourth-order valence-corrected chi connectivity index (χ4v) is 2.78. The van der Waals surface area contributed by atoms with Gasteiger partial charge in [0.2, 0.25) is 0 Å². The van der Waals surface area contributed by atoms with Crippen LogP contribution in [0.25, 0.3) is 10.2 Å². The van der Waals surface area contributed by atoms with Crippen molar-refractivity contribution < 1.29 is 9.90 Å². The van der Waals surface area contributed by atoms with Crippen LogP contribution in [0.2, 0.25) is 0 Å². The van der Waals surface area contributed by atoms with E-state index in [-0.39, 0.29) is 0 Å². The molecule has 2 heterocycles. The van der Waals surface area contributed by atoms with Crippen molar-refractivity contribution in [2.24, 2.45) is 0 Å². The van der Waals surface area contributed by atoms with Gasteiger partial charge in [0.25, 0.3) is 0 Å². The Hall–Kier alpha value is -1.62. The minimum Gasteiger partial charge on any atom is -0.477 e. The van der Waals surface area contributed by atoms with Crippen LogP contribution >= 0.6 is 11.3 Å². The van der Waals surface area contributed by atoms with Gasteiger partial charge < -0.3 is 10.0 Å². The fourth-order valence-electron chi connectivity index (χ4n) is 1.65. The number of pyridine rings is 1. The van der Waals surface area contributed by atoms with E-state index in [2.05, 4.69) is 4.98 Å². The zero-order valence-electron chi connectivity index (χ0n) is 9.31. The lowest BCUT2D eigenvalue weighted by atomic mass is 10.2. The number of aromatic carboxylic acids is 1. The van der Waals surface area contributed by atoms with E-state index < -0.39 is 5.97 Å². The van der Waals surface area contributed by atoms with Gasteiger partial charge in [-0.3, -0.25) is 0 Å². The summed E-state index contributed by atoms with van der Waals surface area (Å²) in [6.45, 7) is 1.90. The van der Waals surface area contributed by atoms with E-state index in [1.54, 1.807) is 0 Å². The Morgan fingerprint density at radius 2 is 2.12 bits per heavy atom. The molecule has 0 saturated carbocycles. The number of carboxylic acid groups (broad SMARTS) is 1. The lowest BCUT2D eigenvalue weighted by Crippen LogP contribution is -2.11. The van der Waals surface area contributed by atoms with Crippen LogP contribution in [0, 0.1) is 6.92 Å². The van der Waals surface area contributed by atoms with Gasteiger partial charge in [0, 0.05) is 25.2 Å². The van der Waals surface area contributed by atoms with Crippen molar-refractivity contribution in [3.8, 4) is 0 Å². The highest BCUT2D eigenvalue weighted by Gasteiger charge is 2.19. The van der Waals surface area contributed by atoms with Gasteiger partial charge >= 0.3 is 5.97 Å². The Balaban J connectivity index is 2.81. The molecule has 0 unspecified atom stereocenters. The highest BCUT2D eigenvalue weighted by Crippen LogP contribution is 2.36. The molecule has 2 aromatic rings. The Morgan fingerprint density at radius 3 is 2.69 bits per heavy atom. The molecule has 0 fully saturated rings. The van der Waals surface area contributed by atoms with Crippen molar-refractivity contribution in [2.45, 2.75) is 6.92 Å². The Morgan fingerprint density at radius 1 is 1.44 bits per heavy atom. The number of rotatable bonds is 2. The van der Waals surface area contributed by atoms with E-state index in [0.717, 1.165) is 21.6 Å². The molecule has 0 bridgehead atoms. The van der Waals surface area contributed by atoms with Gasteiger partial charge in [-0.1, -0.05) is 0 Å². The predicted octanol–water partition coefficient (Wildman–Crippen LogP) is 2.37. The van der Waals surface area contributed by atoms with Crippen molar-refractivity contribution in [3.05, 3.63) is 22.7 Å². The first-order chi connectivity index (χ1) is 7.50. The average Bonchev–Trinajstić information content (AvgIpc) is 2.55. The molecule has 0 aromatic carbocycles. The highest BCUT2D eigenvalue weighted by molar-refractivity contribution is 7.21. The van der Waals surface area contributed by atoms with Crippen molar-refractivity contribution in [3.63, 3.8) is 0 Å². The summed E-state index contributed by atoms with van der Waals surface area (Å²) < 4.78 is 0. The van der Waals surface area contributed by atoms with Gasteiger partial charge in [-0.25, -0.2) is 9.78 Å². The Bertz CT molecular complexity index is 560. The number of carbonyl (C=O) groups is 1. The van der Waals surface area contributed by atoms with Crippen LogP contribution in [0.4, 0.5) is 5.69 Å². The molecule has 84 valence electrons. The van der Waals surface area contributed by atoms with Gasteiger partial charge in [0.1, 0.15) is 9.71 Å². The number of nitrogens with zero attached hydrogens (tertiary/aromatic N) is 2. The number of anilines is 1. The van der Waals surface area contributed by atoms with Crippen LogP contribution in [0.15, 0.2) is 12.1 Å². The van der Waals surface area contributed by atoms with Gasteiger partial charge in [0.05, 0.1) is 5.69 Å². The topological polar surface area (TPSA) is 53.4 Å². The van der Waals surface area contributed by atoms with E-state index in [9.17, 15) is 4.79 Å². The third kappa shape index (κ3) is 1.63. The number of aryl methyl sites for hydroxylation is 1. The molecule has 2 rings (SSSR count). The molecule has 0 radical (unpaired) electrons. The number of fused-ring (bicyclic) bond motifs is 1. The second-order valence-electron chi connectivity index (χ2n) is 3.78. The summed E-state index contributed by atoms with van der Waals surface area (Å²) in [6.07, 6.45) is 0. The fraction of sp³-hybridized carbons (Fsp3) is 0.273. The maximum atomic E-state index is 11.1. The summed E-state index contributed by atoms with van der Waals surface area (Å²) >= 11 is 1.22. The minimum atomic E-state index is -0.899. The molecule has 0 amide bonds. The highest BCUT2D eigenvalue weighted by atomic mass is 32.1. The SMILES string of the molecule is Cc1ccc2c(N(C)C)c(C(=O)O)sc2n1. The summed E-state index contributed by atoms with van der Waals surface area (Å²) in [5.41, 5.74) is 1.64. The van der Waals surface area contributed by atoms with Crippen LogP contribution in [0.5, 0.6) is 0 Å². The first kappa shape index (κ1) is 10.9. The summed E-state index contributed by atoms with van der Waals surface area (Å²) in [6, 6.07) is 3.82. The largest absolute Gasteiger partial charge is 0.477 e. The third-order valence-corrected chi connectivity index (χ3v) is 3.39. The molecule has 1 N–H and O–H groups in total. The summed E-state index contributed by atoms with van der Waals surface area (Å²) in [5, 5.41) is 10.0. The third-order valence-electron chi connectivity index (χ3n) is 2.31. The maximum absolute atomic E-state index is 11.1. The number of hydrogen-bond acceptors (Lipinski definition) is 4. The lowest BCUT2D eigenvalue weighted by molar-refractivity contribution is 0.0703. The summed E-state index contributed by atoms with van der Waals surface area (Å²) in [5.74, 6) is -0.899. The van der Waals surface area contributed by atoms with Crippen LogP contribution in [-0.4, -0.2) is 30.2 Å². The number of aromatic nitrogens is 1. The Labute approximate surface area is 97.1 Å². The van der Waals surface area contributed by atoms with Crippen molar-refractivity contribution >= 4 is 33.2 Å². The molecule has 0 aliphatic carbocycles. The lowest BCUT2D eigenvalue weighted by Gasteiger charge is -2.12. The first-order valence-electron chi connectivity index (χ1n) is 4.81. The predicted molar refractivity (Wildman–Crippen MR) is 65.6 cm³/mol. The normalized spacial score (nSPS) is 10.7. The number of carboxylic acids is 1. The standard InChI is InChI=1S/C11H12N2O2S/c1-6-4-5-7-8(13(2)3)9(11(14)15)16-10(7)12-6/h4-5H,1-3H3,(H,14,15). The zero-order valence-corrected chi connectivity index (χ0v) is 10.1. The van der Waals surface area contributed by atoms with Gasteiger partial charge in [0.15, 0.2) is 0 Å². The Kier molecular flexibility index (Phi) is 2.55. The van der Waals surface area contributed by atoms with E-state index in [4.69, 9.17) is 5.11 Å². The number of thiophene rings is 1. The van der Waals surface area contributed by atoms with Gasteiger partial charge in [-0.2, -0.15) is 0 Å². The molecular formula is C11H12N2O2S. The zero-order chi connectivity index (χ0) is 11.9. The van der Waals surface area contributed by atoms with Crippen LogP contribution in [0.3, 0.4) is 0 Å². The second-order valence-corrected chi connectivity index (χ2v) is 4.78. The molecule has 0 aliphatic rings. The number of hydrogen-bond donors (Lipinski definition) is 1. The molecule has 0 spiro atoms. The molecule has 0 atom stereocenters. The van der Waals surface area contributed by atoms with E-state index >= 15 is 0 Å². The van der Waals surface area contributed by atoms with Crippen molar-refractivity contribution in [1.82, 2.24) is 4.98 Å². The molecule has 5 heteroatoms. The molecule has 0 saturated heterocycles. The average molecular weight is 236 g/mol. The summed E-state index contributed by atoms with van der Waals surface area (Å²) in [4.78, 5) is 18.4. The second kappa shape index (κ2) is 3.75. The summed E-state index contributed by atoms with van der Waals surface area (Å²) in [7, 11) is 3.68. The maximum Gasteiger partial charge on any atom is 0.348 e. The van der Waals surface area contributed by atoms with Crippen LogP contribution in [-0.2, 0) is 0 Å². The molecule has 4 nitrogen and oxygen atoms in total. The van der Waals surface area contributed by atoms with E-state index in [1.165, 1.54) is 11.3 Å². The van der Waals surface area contributed by atoms with E-state index in [0.29, 0.717) is 4.88 Å². The van der Waals surface area contributed by atoms with Crippen LogP contribution < -0.4 is 4.90 Å². The molecule has 2 aromatic heterocycles. The monoisotopic (exact) mass is 236 g/mol. The molecule has 16 heavy (non-hydrogen) atoms. The smallest absolute Gasteiger partial charge is 0.348 e. The van der Waals surface area contributed by atoms with E-state index in [1.807, 2.05) is 38.1 Å². The van der Waals surface area contributed by atoms with Crippen LogP contribution in [0.1, 0.15) is 15.4 Å². The first-order valence-corrected chi connectivity index (χ1v) is 5.63. The quantitative estimate of drug-likeness (QED) is 0.869. The minimum absolute atomic E-state index is 0.345. The van der Waals surface area contributed by atoms with Gasteiger partial charge in [-0.05, 0) is 19.1 Å². The van der Waals surface area contributed by atoms with Crippen molar-refractivity contribution in [2.75, 3.05) is 19.0 Å². The van der Waals surface area contributed by atoms with Gasteiger partial charge in [-0.15, -0.1) is 11.3 Å². The molecular weight excluding hydrogens is 224 g/mol. The molecule has 0 aliphatic heterocycles. The van der Waals surface area contributed by atoms with Crippen molar-refractivity contribution in [1.29, 1.82) is 0 Å².